The van der Waals surface area contributed by atoms with Gasteiger partial charge in [0.1, 0.15) is 17.6 Å². The van der Waals surface area contributed by atoms with Gasteiger partial charge >= 0.3 is 10.1 Å². The van der Waals surface area contributed by atoms with Crippen LogP contribution in [0.1, 0.15) is 11.1 Å². The molecule has 0 N–H and O–H groups in total. The molecule has 0 saturated heterocycles. The average molecular weight is 342 g/mol. The molecular weight excluding hydrogens is 328 g/mol. The third-order valence-corrected chi connectivity index (χ3v) is 4.41. The molecule has 0 atom stereocenters. The highest BCUT2D eigenvalue weighted by Crippen LogP contribution is 2.22. The van der Waals surface area contributed by atoms with E-state index < -0.39 is 10.1 Å². The van der Waals surface area contributed by atoms with E-state index in [1.165, 1.54) is 35.7 Å². The molecule has 0 aliphatic rings. The van der Waals surface area contributed by atoms with Crippen molar-refractivity contribution >= 4 is 16.3 Å². The molecule has 7 nitrogen and oxygen atoms in total. The van der Waals surface area contributed by atoms with Gasteiger partial charge < -0.3 is 4.18 Å². The second-order valence-corrected chi connectivity index (χ2v) is 6.52. The van der Waals surface area contributed by atoms with E-state index in [2.05, 4.69) is 15.3 Å². The molecule has 0 spiro atoms. The molecule has 0 aliphatic carbocycles. The van der Waals surface area contributed by atoms with Crippen molar-refractivity contribution in [1.82, 2.24) is 14.9 Å². The Balaban J connectivity index is 1.88. The van der Waals surface area contributed by atoms with Gasteiger partial charge in [0.25, 0.3) is 0 Å². The summed E-state index contributed by atoms with van der Waals surface area (Å²) in [5.41, 5.74) is 1.48. The van der Waals surface area contributed by atoms with Gasteiger partial charge in [0.15, 0.2) is 5.75 Å². The van der Waals surface area contributed by atoms with Gasteiger partial charge in [-0.25, -0.2) is 4.68 Å². The minimum atomic E-state index is -3.92. The lowest BCUT2D eigenvalue weighted by molar-refractivity contribution is 0.485. The van der Waals surface area contributed by atoms with Crippen LogP contribution in [0.4, 0.5) is 0 Å². The topological polar surface area (TPSA) is 86.4 Å². The number of rotatable bonds is 5. The summed E-state index contributed by atoms with van der Waals surface area (Å²) in [7, 11) is -3.92. The molecular formula is C16H14N4O3S. The van der Waals surface area contributed by atoms with Gasteiger partial charge in [-0.2, -0.15) is 13.5 Å². The number of hydrogen-bond donors (Lipinski definition) is 0. The van der Waals surface area contributed by atoms with Crippen LogP contribution in [0.2, 0.25) is 0 Å². The van der Waals surface area contributed by atoms with Crippen molar-refractivity contribution in [2.24, 2.45) is 5.10 Å². The van der Waals surface area contributed by atoms with E-state index in [-0.39, 0.29) is 10.6 Å². The van der Waals surface area contributed by atoms with Gasteiger partial charge in [-0.15, -0.1) is 10.2 Å². The predicted molar refractivity (Wildman–Crippen MR) is 88.4 cm³/mol. The molecule has 3 aromatic rings. The van der Waals surface area contributed by atoms with Gasteiger partial charge in [-0.05, 0) is 31.2 Å². The van der Waals surface area contributed by atoms with Crippen molar-refractivity contribution in [3.63, 3.8) is 0 Å². The van der Waals surface area contributed by atoms with Crippen LogP contribution in [0.25, 0.3) is 0 Å². The third kappa shape index (κ3) is 3.66. The molecule has 0 amide bonds. The second-order valence-electron chi connectivity index (χ2n) is 4.97. The van der Waals surface area contributed by atoms with Crippen LogP contribution >= 0.6 is 0 Å². The van der Waals surface area contributed by atoms with E-state index in [0.717, 1.165) is 5.56 Å². The first kappa shape index (κ1) is 15.9. The number of hydrogen-bond acceptors (Lipinski definition) is 6. The zero-order chi connectivity index (χ0) is 17.0. The molecule has 0 saturated carbocycles. The largest absolute Gasteiger partial charge is 0.378 e. The minimum absolute atomic E-state index is 0.0960. The van der Waals surface area contributed by atoms with Crippen molar-refractivity contribution in [2.45, 2.75) is 11.8 Å². The first-order chi connectivity index (χ1) is 11.5. The van der Waals surface area contributed by atoms with E-state index in [4.69, 9.17) is 4.18 Å². The van der Waals surface area contributed by atoms with Gasteiger partial charge in [0.2, 0.25) is 0 Å². The Morgan fingerprint density at radius 1 is 1.04 bits per heavy atom. The van der Waals surface area contributed by atoms with Crippen LogP contribution in [0.3, 0.4) is 0 Å². The highest BCUT2D eigenvalue weighted by Gasteiger charge is 2.17. The summed E-state index contributed by atoms with van der Waals surface area (Å²) in [4.78, 5) is 0.0960. The Labute approximate surface area is 139 Å². The van der Waals surface area contributed by atoms with Gasteiger partial charge in [-0.3, -0.25) is 0 Å². The lowest BCUT2D eigenvalue weighted by Gasteiger charge is -2.09. The molecule has 1 aromatic heterocycles. The predicted octanol–water partition coefficient (Wildman–Crippen LogP) is 2.24. The Morgan fingerprint density at radius 2 is 1.71 bits per heavy atom. The fourth-order valence-corrected chi connectivity index (χ4v) is 2.87. The maximum atomic E-state index is 12.4. The summed E-state index contributed by atoms with van der Waals surface area (Å²) in [6, 6.07) is 13.2. The van der Waals surface area contributed by atoms with Crippen molar-refractivity contribution in [3.8, 4) is 5.75 Å². The number of nitrogens with zero attached hydrogens (tertiary/aromatic N) is 4. The second kappa shape index (κ2) is 6.63. The van der Waals surface area contributed by atoms with Gasteiger partial charge in [0, 0.05) is 5.56 Å². The number of para-hydroxylation sites is 1. The molecule has 24 heavy (non-hydrogen) atoms. The fraction of sp³-hybridized carbons (Fsp3) is 0.0625. The van der Waals surface area contributed by atoms with E-state index in [0.29, 0.717) is 5.56 Å². The lowest BCUT2D eigenvalue weighted by atomic mass is 10.2. The van der Waals surface area contributed by atoms with E-state index in [9.17, 15) is 8.42 Å². The number of aromatic nitrogens is 3. The van der Waals surface area contributed by atoms with Crippen LogP contribution in [0.5, 0.6) is 5.75 Å². The lowest BCUT2D eigenvalue weighted by Crippen LogP contribution is -2.11. The molecule has 0 bridgehead atoms. The Morgan fingerprint density at radius 3 is 2.42 bits per heavy atom. The summed E-state index contributed by atoms with van der Waals surface area (Å²) >= 11 is 0. The van der Waals surface area contributed by atoms with E-state index in [1.54, 1.807) is 36.4 Å². The zero-order valence-corrected chi connectivity index (χ0v) is 13.6. The van der Waals surface area contributed by atoms with Crippen molar-refractivity contribution in [2.75, 3.05) is 0 Å². The number of aryl methyl sites for hydroxylation is 1. The fourth-order valence-electron chi connectivity index (χ4n) is 1.92. The quantitative estimate of drug-likeness (QED) is 0.524. The third-order valence-electron chi connectivity index (χ3n) is 3.16. The SMILES string of the molecule is Cc1ccc(S(=O)(=O)Oc2ccccc2C=Nn2cnnc2)cc1. The van der Waals surface area contributed by atoms with Crippen molar-refractivity contribution in [3.05, 3.63) is 72.3 Å². The summed E-state index contributed by atoms with van der Waals surface area (Å²) in [6.45, 7) is 1.88. The molecule has 0 fully saturated rings. The van der Waals surface area contributed by atoms with Crippen LogP contribution in [0.15, 0.2) is 71.2 Å². The standard InChI is InChI=1S/C16H14N4O3S/c1-13-6-8-15(9-7-13)24(21,22)23-16-5-3-2-4-14(16)10-19-20-11-17-18-12-20/h2-12H,1H3. The summed E-state index contributed by atoms with van der Waals surface area (Å²) in [5.74, 6) is 0.190. The Kier molecular flexibility index (Phi) is 4.39. The summed E-state index contributed by atoms with van der Waals surface area (Å²) < 4.78 is 31.5. The number of benzene rings is 2. The highest BCUT2D eigenvalue weighted by molar-refractivity contribution is 7.87. The Bertz CT molecular complexity index is 949. The van der Waals surface area contributed by atoms with Crippen molar-refractivity contribution in [1.29, 1.82) is 0 Å². The first-order valence-corrected chi connectivity index (χ1v) is 8.44. The van der Waals surface area contributed by atoms with E-state index in [1.807, 2.05) is 6.92 Å². The highest BCUT2D eigenvalue weighted by atomic mass is 32.2. The summed E-state index contributed by atoms with van der Waals surface area (Å²) in [5, 5.41) is 11.4. The zero-order valence-electron chi connectivity index (χ0n) is 12.8. The molecule has 2 aromatic carbocycles. The normalized spacial score (nSPS) is 11.7. The van der Waals surface area contributed by atoms with Crippen LogP contribution < -0.4 is 4.18 Å². The molecule has 8 heteroatoms. The molecule has 3 rings (SSSR count). The molecule has 0 radical (unpaired) electrons. The van der Waals surface area contributed by atoms with Crippen LogP contribution in [-0.2, 0) is 10.1 Å². The first-order valence-electron chi connectivity index (χ1n) is 7.04. The maximum Gasteiger partial charge on any atom is 0.339 e. The molecule has 0 unspecified atom stereocenters. The summed E-state index contributed by atoms with van der Waals surface area (Å²) in [6.07, 6.45) is 4.31. The van der Waals surface area contributed by atoms with Crippen LogP contribution in [-0.4, -0.2) is 29.5 Å². The van der Waals surface area contributed by atoms with Gasteiger partial charge in [0.05, 0.1) is 6.21 Å². The molecule has 0 aliphatic heterocycles. The van der Waals surface area contributed by atoms with Crippen LogP contribution in [0, 0.1) is 6.92 Å². The molecule has 122 valence electrons. The monoisotopic (exact) mass is 342 g/mol. The van der Waals surface area contributed by atoms with Gasteiger partial charge in [-0.1, -0.05) is 29.8 Å². The Hall–Kier alpha value is -3.00. The average Bonchev–Trinajstić information content (AvgIpc) is 3.07. The molecule has 1 heterocycles. The maximum absolute atomic E-state index is 12.4. The van der Waals surface area contributed by atoms with E-state index >= 15 is 0 Å². The van der Waals surface area contributed by atoms with Crippen molar-refractivity contribution < 1.29 is 12.6 Å². The smallest absolute Gasteiger partial charge is 0.339 e. The minimum Gasteiger partial charge on any atom is -0.378 e.